The Kier molecular flexibility index (Phi) is 5.95. The van der Waals surface area contributed by atoms with E-state index in [9.17, 15) is 17.6 Å². The van der Waals surface area contributed by atoms with Crippen molar-refractivity contribution >= 4 is 0 Å². The Hall–Kier alpha value is -1.14. The second-order valence-corrected chi connectivity index (χ2v) is 4.94. The minimum Gasteiger partial charge on any atom is -0.309 e. The van der Waals surface area contributed by atoms with Crippen molar-refractivity contribution in [1.82, 2.24) is 10.2 Å². The monoisotopic (exact) mass is 292 g/mol. The summed E-state index contributed by atoms with van der Waals surface area (Å²) < 4.78 is 51.2. The molecule has 0 aliphatic carbocycles. The van der Waals surface area contributed by atoms with Crippen LogP contribution in [0.15, 0.2) is 18.2 Å². The summed E-state index contributed by atoms with van der Waals surface area (Å²) in [6.45, 7) is 5.63. The van der Waals surface area contributed by atoms with Crippen LogP contribution >= 0.6 is 0 Å². The van der Waals surface area contributed by atoms with Gasteiger partial charge in [-0.25, -0.2) is 4.39 Å². The molecule has 0 saturated heterocycles. The number of rotatable bonds is 6. The summed E-state index contributed by atoms with van der Waals surface area (Å²) in [6, 6.07) is 2.54. The molecule has 1 atom stereocenters. The van der Waals surface area contributed by atoms with Gasteiger partial charge in [-0.15, -0.1) is 0 Å². The van der Waals surface area contributed by atoms with E-state index in [4.69, 9.17) is 0 Å². The topological polar surface area (TPSA) is 15.3 Å². The minimum absolute atomic E-state index is 0.0332. The molecule has 0 aliphatic rings. The Morgan fingerprint density at radius 1 is 1.30 bits per heavy atom. The lowest BCUT2D eigenvalue weighted by atomic mass is 10.1. The number of halogens is 4. The molecule has 1 N–H and O–H groups in total. The molecule has 0 spiro atoms. The highest BCUT2D eigenvalue weighted by molar-refractivity contribution is 5.27. The highest BCUT2D eigenvalue weighted by Crippen LogP contribution is 2.30. The minimum atomic E-state index is -4.45. The smallest absolute Gasteiger partial charge is 0.309 e. The van der Waals surface area contributed by atoms with Crippen LogP contribution in [0.5, 0.6) is 0 Å². The second-order valence-electron chi connectivity index (χ2n) is 4.94. The first kappa shape index (κ1) is 16.9. The van der Waals surface area contributed by atoms with Crippen LogP contribution in [0.25, 0.3) is 0 Å². The maximum absolute atomic E-state index is 13.5. The summed E-state index contributed by atoms with van der Waals surface area (Å²) in [6.07, 6.45) is -4.45. The Balaban J connectivity index is 2.68. The first-order valence-corrected chi connectivity index (χ1v) is 6.51. The van der Waals surface area contributed by atoms with Crippen LogP contribution in [-0.4, -0.2) is 31.1 Å². The molecule has 1 unspecified atom stereocenters. The third-order valence-electron chi connectivity index (χ3n) is 3.14. The van der Waals surface area contributed by atoms with Crippen molar-refractivity contribution in [3.63, 3.8) is 0 Å². The summed E-state index contributed by atoms with van der Waals surface area (Å²) in [7, 11) is 1.95. The van der Waals surface area contributed by atoms with Crippen LogP contribution in [0.4, 0.5) is 17.6 Å². The summed E-state index contributed by atoms with van der Waals surface area (Å²) in [4.78, 5) is 2.07. The molecule has 1 aromatic rings. The number of hydrogen-bond acceptors (Lipinski definition) is 2. The molecule has 20 heavy (non-hydrogen) atoms. The number of nitrogens with zero attached hydrogens (tertiary/aromatic N) is 1. The molecule has 0 aliphatic heterocycles. The van der Waals surface area contributed by atoms with Crippen molar-refractivity contribution < 1.29 is 17.6 Å². The fraction of sp³-hybridized carbons (Fsp3) is 0.571. The van der Waals surface area contributed by atoms with Gasteiger partial charge < -0.3 is 10.2 Å². The quantitative estimate of drug-likeness (QED) is 0.810. The Labute approximate surface area is 116 Å². The molecule has 0 bridgehead atoms. The predicted molar refractivity (Wildman–Crippen MR) is 70.9 cm³/mol. The fourth-order valence-corrected chi connectivity index (χ4v) is 1.83. The summed E-state index contributed by atoms with van der Waals surface area (Å²) >= 11 is 0. The first-order chi connectivity index (χ1) is 9.24. The van der Waals surface area contributed by atoms with Crippen molar-refractivity contribution in [2.24, 2.45) is 0 Å². The van der Waals surface area contributed by atoms with Crippen LogP contribution in [0.2, 0.25) is 0 Å². The van der Waals surface area contributed by atoms with E-state index >= 15 is 0 Å². The van der Waals surface area contributed by atoms with Crippen molar-refractivity contribution in [2.75, 3.05) is 20.1 Å². The van der Waals surface area contributed by atoms with E-state index in [2.05, 4.69) is 10.2 Å². The van der Waals surface area contributed by atoms with Gasteiger partial charge in [0.25, 0.3) is 0 Å². The van der Waals surface area contributed by atoms with Gasteiger partial charge in [-0.1, -0.05) is 6.92 Å². The molecule has 0 fully saturated rings. The van der Waals surface area contributed by atoms with Gasteiger partial charge in [-0.3, -0.25) is 0 Å². The zero-order valence-electron chi connectivity index (χ0n) is 11.9. The van der Waals surface area contributed by atoms with Crippen LogP contribution < -0.4 is 5.32 Å². The second kappa shape index (κ2) is 7.04. The molecule has 0 saturated carbocycles. The third kappa shape index (κ3) is 5.09. The SMILES string of the molecule is CCN(C)CC(C)NCc1cc(C(F)(F)F)ccc1F. The summed E-state index contributed by atoms with van der Waals surface area (Å²) in [5.74, 6) is -0.624. The van der Waals surface area contributed by atoms with Gasteiger partial charge in [0, 0.05) is 24.7 Å². The molecule has 0 radical (unpaired) electrons. The molecule has 1 aromatic carbocycles. The number of nitrogens with one attached hydrogen (secondary N) is 1. The molecule has 0 heterocycles. The van der Waals surface area contributed by atoms with Crippen LogP contribution in [0.1, 0.15) is 25.0 Å². The van der Waals surface area contributed by atoms with E-state index in [0.717, 1.165) is 31.3 Å². The van der Waals surface area contributed by atoms with E-state index in [-0.39, 0.29) is 18.2 Å². The standard InChI is InChI=1S/C14H20F4N2/c1-4-20(3)9-10(2)19-8-11-7-12(14(16,17)18)5-6-13(11)15/h5-7,10,19H,4,8-9H2,1-3H3. The molecule has 0 amide bonds. The van der Waals surface area contributed by atoms with E-state index in [1.54, 1.807) is 0 Å². The van der Waals surface area contributed by atoms with E-state index in [1.807, 2.05) is 20.9 Å². The number of benzene rings is 1. The Bertz CT molecular complexity index is 432. The predicted octanol–water partition coefficient (Wildman–Crippen LogP) is 3.27. The molecular weight excluding hydrogens is 272 g/mol. The number of hydrogen-bond donors (Lipinski definition) is 1. The molecular formula is C14H20F4N2. The lowest BCUT2D eigenvalue weighted by Crippen LogP contribution is -2.37. The Morgan fingerprint density at radius 2 is 1.95 bits per heavy atom. The van der Waals surface area contributed by atoms with Gasteiger partial charge >= 0.3 is 6.18 Å². The normalized spacial score (nSPS) is 13.8. The van der Waals surface area contributed by atoms with Crippen LogP contribution in [-0.2, 0) is 12.7 Å². The Morgan fingerprint density at radius 3 is 2.50 bits per heavy atom. The molecule has 6 heteroatoms. The van der Waals surface area contributed by atoms with Crippen molar-refractivity contribution in [2.45, 2.75) is 32.6 Å². The van der Waals surface area contributed by atoms with Crippen molar-refractivity contribution in [1.29, 1.82) is 0 Å². The van der Waals surface area contributed by atoms with Gasteiger partial charge in [-0.2, -0.15) is 13.2 Å². The van der Waals surface area contributed by atoms with Crippen molar-refractivity contribution in [3.8, 4) is 0 Å². The third-order valence-corrected chi connectivity index (χ3v) is 3.14. The average Bonchev–Trinajstić information content (AvgIpc) is 2.36. The maximum Gasteiger partial charge on any atom is 0.416 e. The average molecular weight is 292 g/mol. The molecule has 1 rings (SSSR count). The van der Waals surface area contributed by atoms with Gasteiger partial charge in [0.15, 0.2) is 0 Å². The molecule has 114 valence electrons. The van der Waals surface area contributed by atoms with E-state index < -0.39 is 17.6 Å². The maximum atomic E-state index is 13.5. The van der Waals surface area contributed by atoms with Crippen LogP contribution in [0.3, 0.4) is 0 Å². The number of likely N-dealkylation sites (N-methyl/N-ethyl adjacent to an activating group) is 1. The van der Waals surface area contributed by atoms with Crippen molar-refractivity contribution in [3.05, 3.63) is 35.1 Å². The molecule has 2 nitrogen and oxygen atoms in total. The highest BCUT2D eigenvalue weighted by Gasteiger charge is 2.31. The lowest BCUT2D eigenvalue weighted by molar-refractivity contribution is -0.137. The number of alkyl halides is 3. The summed E-state index contributed by atoms with van der Waals surface area (Å²) in [5, 5.41) is 3.03. The lowest BCUT2D eigenvalue weighted by Gasteiger charge is -2.21. The molecule has 0 aromatic heterocycles. The fourth-order valence-electron chi connectivity index (χ4n) is 1.83. The van der Waals surface area contributed by atoms with Gasteiger partial charge in [0.1, 0.15) is 5.82 Å². The van der Waals surface area contributed by atoms with Crippen LogP contribution in [0, 0.1) is 5.82 Å². The van der Waals surface area contributed by atoms with Gasteiger partial charge in [-0.05, 0) is 38.7 Å². The van der Waals surface area contributed by atoms with Gasteiger partial charge in [0.05, 0.1) is 5.56 Å². The van der Waals surface area contributed by atoms with E-state index in [0.29, 0.717) is 0 Å². The highest BCUT2D eigenvalue weighted by atomic mass is 19.4. The summed E-state index contributed by atoms with van der Waals surface area (Å²) in [5.41, 5.74) is -0.792. The van der Waals surface area contributed by atoms with E-state index in [1.165, 1.54) is 0 Å². The first-order valence-electron chi connectivity index (χ1n) is 6.51. The zero-order valence-corrected chi connectivity index (χ0v) is 11.9. The largest absolute Gasteiger partial charge is 0.416 e. The zero-order chi connectivity index (χ0) is 15.3. The van der Waals surface area contributed by atoms with Gasteiger partial charge in [0.2, 0.25) is 0 Å².